The van der Waals surface area contributed by atoms with Crippen LogP contribution in [0, 0.1) is 60.2 Å². The van der Waals surface area contributed by atoms with E-state index in [4.69, 9.17) is 39.7 Å². The molecule has 552 valence electrons. The van der Waals surface area contributed by atoms with Gasteiger partial charge in [0.25, 0.3) is 0 Å². The van der Waals surface area contributed by atoms with E-state index in [1.54, 1.807) is 43.2 Å². The van der Waals surface area contributed by atoms with Crippen LogP contribution in [0.2, 0.25) is 0 Å². The largest absolute Gasteiger partial charge is 0.476 e. The molecule has 0 atom stereocenters. The van der Waals surface area contributed by atoms with Crippen molar-refractivity contribution in [1.29, 1.82) is 10.5 Å². The van der Waals surface area contributed by atoms with E-state index in [1.165, 1.54) is 23.5 Å². The van der Waals surface area contributed by atoms with E-state index in [-0.39, 0.29) is 69.8 Å². The number of carbonyl (C=O) groups is 2. The number of aliphatic hydroxyl groups excluding tert-OH is 2. The zero-order valence-electron chi connectivity index (χ0n) is 60.9. The zero-order valence-corrected chi connectivity index (χ0v) is 65.8. The third-order valence-corrected chi connectivity index (χ3v) is 26.9. The molecule has 4 saturated heterocycles. The SMILES string of the molecule is CC(C)(CO)CBr.CC(C)(CO)CSC#N.CCC(C)(C)CS(=O)(=O)N1CCN(c2cnc(OCC3CCN(C(=O)OC4(C)CC4)CC3)cn2)CC1.CCC(C)(C)CS(=O)(=O)N1CCN(c2cnc(OCC3CCN(C(=O)OC4(C)CC4)CC3)cn2)CC1.CCC(C)(C)CSC#N. The molecule has 0 bridgehead atoms. The van der Waals surface area contributed by atoms with Crippen LogP contribution in [0.5, 0.6) is 11.8 Å². The molecule has 0 unspecified atom stereocenters. The van der Waals surface area contributed by atoms with Crippen LogP contribution in [0.15, 0.2) is 24.8 Å². The number of sulfonamides is 2. The Bertz CT molecular complexity index is 2810. The van der Waals surface area contributed by atoms with Crippen LogP contribution >= 0.6 is 39.5 Å². The molecule has 24 nitrogen and oxygen atoms in total. The fourth-order valence-electron chi connectivity index (χ4n) is 9.58. The standard InChI is InChI=1S/2C25H41N5O5S.C7H13NS.C6H11NOS.C5H11BrO/c2*1-5-24(2,3)19-36(32,33)30-14-12-28(13-15-30)21-16-27-22(17-26-21)34-18-20-6-10-29(11-7-20)23(31)35-25(4)8-9-25;1-4-7(2,3)5-9-6-8;1-6(2,3-8)4-9-5-7;1-5(2,3-6)4-7/h2*16-17,20H,5-15,18-19H2,1-4H3;4-5H2,1-3H3;8H,3-4H2,1-2H3;7H,3-4H2,1-2H3. The molecular formula is C68H117BrN12O12S4. The van der Waals surface area contributed by atoms with E-state index in [9.17, 15) is 26.4 Å². The lowest BCUT2D eigenvalue weighted by Gasteiger charge is -2.36. The number of amides is 2. The van der Waals surface area contributed by atoms with Crippen molar-refractivity contribution in [3.8, 4) is 22.6 Å². The first kappa shape index (κ1) is 85.2. The highest BCUT2D eigenvalue weighted by Crippen LogP contribution is 2.41. The second-order valence-corrected chi connectivity index (χ2v) is 36.9. The number of carbonyl (C=O) groups excluding carboxylic acids is 2. The van der Waals surface area contributed by atoms with Crippen molar-refractivity contribution in [1.82, 2.24) is 38.3 Å². The Balaban J connectivity index is 0.000000305. The van der Waals surface area contributed by atoms with Gasteiger partial charge in [0.1, 0.15) is 33.6 Å². The monoisotopic (exact) mass is 1500 g/mol. The molecule has 2 amide bonds. The minimum absolute atomic E-state index is 0.0556. The first-order valence-electron chi connectivity index (χ1n) is 34.4. The molecule has 0 spiro atoms. The van der Waals surface area contributed by atoms with Crippen molar-refractivity contribution in [2.45, 2.75) is 186 Å². The van der Waals surface area contributed by atoms with E-state index in [0.717, 1.165) is 93.3 Å². The maximum atomic E-state index is 12.8. The van der Waals surface area contributed by atoms with Crippen molar-refractivity contribution in [3.05, 3.63) is 24.8 Å². The number of halogens is 1. The summed E-state index contributed by atoms with van der Waals surface area (Å²) in [5.74, 6) is 5.11. The lowest BCUT2D eigenvalue weighted by atomic mass is 9.93. The number of hydrogen-bond donors (Lipinski definition) is 2. The van der Waals surface area contributed by atoms with Crippen LogP contribution in [-0.2, 0) is 29.5 Å². The van der Waals surface area contributed by atoms with Gasteiger partial charge in [-0.2, -0.15) is 19.1 Å². The minimum Gasteiger partial charge on any atom is -0.476 e. The Morgan fingerprint density at radius 3 is 1.12 bits per heavy atom. The number of thioether (sulfide) groups is 2. The number of nitriles is 2. The van der Waals surface area contributed by atoms with E-state index >= 15 is 0 Å². The van der Waals surface area contributed by atoms with E-state index in [1.807, 2.05) is 88.5 Å². The number of piperazine rings is 2. The smallest absolute Gasteiger partial charge is 0.410 e. The molecule has 29 heteroatoms. The van der Waals surface area contributed by atoms with Crippen molar-refractivity contribution in [2.75, 3.05) is 143 Å². The summed E-state index contributed by atoms with van der Waals surface area (Å²) in [7, 11) is -6.55. The average molecular weight is 1500 g/mol. The Morgan fingerprint density at radius 2 is 0.866 bits per heavy atom. The van der Waals surface area contributed by atoms with Crippen LogP contribution in [-0.4, -0.2) is 222 Å². The first-order chi connectivity index (χ1) is 45.3. The summed E-state index contributed by atoms with van der Waals surface area (Å²) in [6.07, 6.45) is 16.4. The molecule has 0 aromatic carbocycles. The molecule has 6 fully saturated rings. The van der Waals surface area contributed by atoms with E-state index in [0.29, 0.717) is 127 Å². The molecule has 6 aliphatic rings. The summed E-state index contributed by atoms with van der Waals surface area (Å²) in [5.41, 5.74) is -0.651. The predicted molar refractivity (Wildman–Crippen MR) is 391 cm³/mol. The van der Waals surface area contributed by atoms with Gasteiger partial charge < -0.3 is 48.8 Å². The van der Waals surface area contributed by atoms with Crippen molar-refractivity contribution in [3.63, 3.8) is 0 Å². The normalized spacial score (nSPS) is 18.7. The first-order valence-corrected chi connectivity index (χ1v) is 40.8. The Labute approximate surface area is 599 Å². The second-order valence-electron chi connectivity index (χ2n) is 30.9. The summed E-state index contributed by atoms with van der Waals surface area (Å²) in [4.78, 5) is 50.1. The molecule has 6 heterocycles. The topological polar surface area (TPSA) is 298 Å². The number of ether oxygens (including phenoxy) is 4. The summed E-state index contributed by atoms with van der Waals surface area (Å²) in [6, 6.07) is 0. The number of anilines is 2. The number of piperidine rings is 2. The van der Waals surface area contributed by atoms with Crippen LogP contribution in [0.4, 0.5) is 21.2 Å². The highest BCUT2D eigenvalue weighted by molar-refractivity contribution is 9.09. The Kier molecular flexibility index (Phi) is 34.0. The number of nitrogens with zero attached hydrogens (tertiary/aromatic N) is 12. The number of alkyl halides is 1. The quantitative estimate of drug-likeness (QED) is 0.0653. The summed E-state index contributed by atoms with van der Waals surface area (Å²) >= 11 is 5.80. The van der Waals surface area contributed by atoms with Gasteiger partial charge in [0.2, 0.25) is 31.8 Å². The molecule has 97 heavy (non-hydrogen) atoms. The van der Waals surface area contributed by atoms with Gasteiger partial charge in [0.15, 0.2) is 0 Å². The minimum atomic E-state index is -3.28. The van der Waals surface area contributed by atoms with Crippen LogP contribution < -0.4 is 19.3 Å². The molecule has 2 aromatic heterocycles. The van der Waals surface area contributed by atoms with Gasteiger partial charge in [-0.3, -0.25) is 0 Å². The molecule has 4 aliphatic heterocycles. The number of thiocyanates is 2. The fraction of sp³-hybridized carbons (Fsp3) is 0.824. The summed E-state index contributed by atoms with van der Waals surface area (Å²) in [6.45, 7) is 38.7. The molecule has 8 rings (SSSR count). The number of likely N-dealkylation sites (tertiary alicyclic amines) is 2. The highest BCUT2D eigenvalue weighted by Gasteiger charge is 2.44. The molecule has 2 aliphatic carbocycles. The van der Waals surface area contributed by atoms with Crippen LogP contribution in [0.1, 0.15) is 174 Å². The van der Waals surface area contributed by atoms with Gasteiger partial charge in [-0.05, 0) is 140 Å². The summed E-state index contributed by atoms with van der Waals surface area (Å²) < 4.78 is 77.3. The predicted octanol–water partition coefficient (Wildman–Crippen LogP) is 11.5. The Hall–Kier alpha value is -4.20. The molecule has 2 saturated carbocycles. The Morgan fingerprint density at radius 1 is 0.536 bits per heavy atom. The van der Waals surface area contributed by atoms with Gasteiger partial charge in [0.05, 0.1) is 49.5 Å². The number of rotatable bonds is 26. The fourth-order valence-corrected chi connectivity index (χ4v) is 15.2. The van der Waals surface area contributed by atoms with Gasteiger partial charge in [-0.1, -0.05) is 112 Å². The average Bonchev–Trinajstić information content (AvgIpc) is 1.71. The van der Waals surface area contributed by atoms with Gasteiger partial charge in [-0.25, -0.2) is 46.4 Å². The lowest BCUT2D eigenvalue weighted by Crippen LogP contribution is -2.50. The van der Waals surface area contributed by atoms with Crippen LogP contribution in [0.3, 0.4) is 0 Å². The van der Waals surface area contributed by atoms with Gasteiger partial charge >= 0.3 is 12.2 Å². The van der Waals surface area contributed by atoms with Gasteiger partial charge in [-0.15, -0.1) is 0 Å². The number of hydrogen-bond acceptors (Lipinski definition) is 22. The van der Waals surface area contributed by atoms with Gasteiger partial charge in [0, 0.05) is 109 Å². The van der Waals surface area contributed by atoms with Crippen molar-refractivity contribution in [2.24, 2.45) is 38.9 Å². The maximum absolute atomic E-state index is 12.8. The molecule has 0 radical (unpaired) electrons. The lowest BCUT2D eigenvalue weighted by molar-refractivity contribution is 0.0446. The van der Waals surface area contributed by atoms with Crippen molar-refractivity contribution >= 4 is 83.3 Å². The molecular weight excluding hydrogens is 1380 g/mol. The zero-order chi connectivity index (χ0) is 72.5. The van der Waals surface area contributed by atoms with E-state index < -0.39 is 20.0 Å². The third kappa shape index (κ3) is 31.3. The molecule has 2 aromatic rings. The maximum Gasteiger partial charge on any atom is 0.410 e. The number of aliphatic hydroxyl groups is 2. The van der Waals surface area contributed by atoms with E-state index in [2.05, 4.69) is 71.8 Å². The highest BCUT2D eigenvalue weighted by atomic mass is 79.9. The van der Waals surface area contributed by atoms with Crippen LogP contribution in [0.25, 0.3) is 0 Å². The van der Waals surface area contributed by atoms with Crippen molar-refractivity contribution < 1.29 is 55.6 Å². The summed E-state index contributed by atoms with van der Waals surface area (Å²) in [5, 5.41) is 38.6. The second kappa shape index (κ2) is 38.7. The number of aromatic nitrogens is 4. The molecule has 2 N–H and O–H groups in total. The third-order valence-electron chi connectivity index (χ3n) is 18.7.